The zero-order chi connectivity index (χ0) is 19.1. The number of carbonyl (C=O) groups is 1. The first-order chi connectivity index (χ1) is 12.2. The van der Waals surface area contributed by atoms with Crippen LogP contribution in [0.4, 0.5) is 4.79 Å². The van der Waals surface area contributed by atoms with E-state index in [0.29, 0.717) is 10.9 Å². The maximum atomic E-state index is 12.8. The molecule has 1 N–H and O–H groups in total. The summed E-state index contributed by atoms with van der Waals surface area (Å²) in [5, 5.41) is 0.697. The molecule has 0 spiro atoms. The fraction of sp³-hybridized carbons (Fsp3) is 0.500. The van der Waals surface area contributed by atoms with Crippen LogP contribution >= 0.6 is 11.6 Å². The standard InChI is InChI=1S/C20H26ClN3O2/c1-12-10-17(24(13(12)2)19(25)26-20(3,4)5)18-22-11-16(23-18)14-6-8-15(21)9-7-14/h6-9,11-13,17H,10H2,1-5H3,(H,22,23)/t12-,13-,17?/m1/s1. The number of ether oxygens (including phenoxy) is 1. The van der Waals surface area contributed by atoms with E-state index in [1.807, 2.05) is 49.9 Å². The number of rotatable bonds is 2. The van der Waals surface area contributed by atoms with E-state index >= 15 is 0 Å². The van der Waals surface area contributed by atoms with Gasteiger partial charge in [0.15, 0.2) is 0 Å². The Morgan fingerprint density at radius 1 is 1.27 bits per heavy atom. The summed E-state index contributed by atoms with van der Waals surface area (Å²) in [5.41, 5.74) is 1.40. The number of aromatic amines is 1. The van der Waals surface area contributed by atoms with Crippen molar-refractivity contribution in [2.24, 2.45) is 5.92 Å². The Kier molecular flexibility index (Phi) is 5.02. The van der Waals surface area contributed by atoms with E-state index in [1.54, 1.807) is 6.20 Å². The molecule has 1 fully saturated rings. The first kappa shape index (κ1) is 18.8. The van der Waals surface area contributed by atoms with Gasteiger partial charge in [0.1, 0.15) is 11.4 Å². The van der Waals surface area contributed by atoms with Gasteiger partial charge < -0.3 is 9.72 Å². The fourth-order valence-corrected chi connectivity index (χ4v) is 3.48. The highest BCUT2D eigenvalue weighted by Crippen LogP contribution is 2.40. The molecule has 0 aliphatic carbocycles. The second-order valence-corrected chi connectivity index (χ2v) is 8.48. The van der Waals surface area contributed by atoms with Gasteiger partial charge in [-0.1, -0.05) is 30.7 Å². The first-order valence-electron chi connectivity index (χ1n) is 8.98. The Morgan fingerprint density at radius 3 is 2.54 bits per heavy atom. The topological polar surface area (TPSA) is 58.2 Å². The number of halogens is 1. The molecular weight excluding hydrogens is 350 g/mol. The lowest BCUT2D eigenvalue weighted by Crippen LogP contribution is -2.41. The van der Waals surface area contributed by atoms with Gasteiger partial charge in [0.05, 0.1) is 17.9 Å². The molecule has 1 amide bonds. The van der Waals surface area contributed by atoms with Gasteiger partial charge in [0.2, 0.25) is 0 Å². The van der Waals surface area contributed by atoms with Gasteiger partial charge in [0, 0.05) is 11.1 Å². The summed E-state index contributed by atoms with van der Waals surface area (Å²) in [6, 6.07) is 7.58. The molecule has 2 aromatic rings. The molecule has 0 saturated carbocycles. The van der Waals surface area contributed by atoms with Crippen LogP contribution in [0.25, 0.3) is 11.3 Å². The van der Waals surface area contributed by atoms with E-state index in [-0.39, 0.29) is 18.2 Å². The fourth-order valence-electron chi connectivity index (χ4n) is 3.35. The number of benzene rings is 1. The molecule has 1 unspecified atom stereocenters. The van der Waals surface area contributed by atoms with Crippen LogP contribution in [-0.2, 0) is 4.74 Å². The van der Waals surface area contributed by atoms with Gasteiger partial charge in [-0.15, -0.1) is 0 Å². The minimum atomic E-state index is -0.523. The number of aromatic nitrogens is 2. The van der Waals surface area contributed by atoms with E-state index in [0.717, 1.165) is 23.5 Å². The summed E-state index contributed by atoms with van der Waals surface area (Å²) >= 11 is 5.96. The maximum Gasteiger partial charge on any atom is 0.411 e. The molecular formula is C20H26ClN3O2. The van der Waals surface area contributed by atoms with Crippen molar-refractivity contribution in [3.05, 3.63) is 41.3 Å². The summed E-state index contributed by atoms with van der Waals surface area (Å²) in [6.07, 6.45) is 2.37. The molecule has 0 radical (unpaired) electrons. The van der Waals surface area contributed by atoms with Crippen molar-refractivity contribution < 1.29 is 9.53 Å². The van der Waals surface area contributed by atoms with Crippen LogP contribution in [0.15, 0.2) is 30.5 Å². The van der Waals surface area contributed by atoms with E-state index in [2.05, 4.69) is 23.8 Å². The highest BCUT2D eigenvalue weighted by molar-refractivity contribution is 6.30. The summed E-state index contributed by atoms with van der Waals surface area (Å²) in [7, 11) is 0. The lowest BCUT2D eigenvalue weighted by atomic mass is 10.0. The summed E-state index contributed by atoms with van der Waals surface area (Å²) < 4.78 is 5.63. The SMILES string of the molecule is C[C@@H]1CC(c2ncc(-c3ccc(Cl)cc3)[nH]2)N(C(=O)OC(C)(C)C)[C@@H]1C. The largest absolute Gasteiger partial charge is 0.444 e. The lowest BCUT2D eigenvalue weighted by molar-refractivity contribution is 0.0140. The zero-order valence-electron chi connectivity index (χ0n) is 15.9. The van der Waals surface area contributed by atoms with Gasteiger partial charge >= 0.3 is 6.09 Å². The Hall–Kier alpha value is -2.01. The average molecular weight is 376 g/mol. The highest BCUT2D eigenvalue weighted by Gasteiger charge is 2.43. The molecule has 26 heavy (non-hydrogen) atoms. The van der Waals surface area contributed by atoms with Crippen molar-refractivity contribution in [2.75, 3.05) is 0 Å². The number of nitrogens with zero attached hydrogens (tertiary/aromatic N) is 2. The summed E-state index contributed by atoms with van der Waals surface area (Å²) in [6.45, 7) is 9.88. The van der Waals surface area contributed by atoms with Crippen LogP contribution in [0.1, 0.15) is 52.9 Å². The van der Waals surface area contributed by atoms with Crippen molar-refractivity contribution in [3.63, 3.8) is 0 Å². The third-order valence-electron chi connectivity index (χ3n) is 4.86. The van der Waals surface area contributed by atoms with Crippen molar-refractivity contribution in [1.29, 1.82) is 0 Å². The molecule has 1 aromatic carbocycles. The van der Waals surface area contributed by atoms with Gasteiger partial charge in [-0.2, -0.15) is 0 Å². The van der Waals surface area contributed by atoms with Crippen LogP contribution in [0.3, 0.4) is 0 Å². The number of carbonyl (C=O) groups excluding carboxylic acids is 1. The minimum Gasteiger partial charge on any atom is -0.444 e. The smallest absolute Gasteiger partial charge is 0.411 e. The van der Waals surface area contributed by atoms with Gasteiger partial charge in [-0.05, 0) is 57.7 Å². The van der Waals surface area contributed by atoms with Crippen LogP contribution in [0.2, 0.25) is 5.02 Å². The van der Waals surface area contributed by atoms with E-state index in [4.69, 9.17) is 16.3 Å². The third kappa shape index (κ3) is 3.88. The number of amides is 1. The van der Waals surface area contributed by atoms with E-state index in [9.17, 15) is 4.79 Å². The number of hydrogen-bond donors (Lipinski definition) is 1. The number of imidazole rings is 1. The third-order valence-corrected chi connectivity index (χ3v) is 5.12. The van der Waals surface area contributed by atoms with E-state index in [1.165, 1.54) is 0 Å². The second-order valence-electron chi connectivity index (χ2n) is 8.05. The summed E-state index contributed by atoms with van der Waals surface area (Å²) in [5.74, 6) is 1.16. The quantitative estimate of drug-likeness (QED) is 0.760. The second kappa shape index (κ2) is 6.95. The predicted octanol–water partition coefficient (Wildman–Crippen LogP) is 5.44. The molecule has 3 rings (SSSR count). The Bertz CT molecular complexity index is 779. The molecule has 3 atom stereocenters. The van der Waals surface area contributed by atoms with Crippen LogP contribution in [0.5, 0.6) is 0 Å². The van der Waals surface area contributed by atoms with Crippen molar-refractivity contribution in [1.82, 2.24) is 14.9 Å². The van der Waals surface area contributed by atoms with Crippen LogP contribution < -0.4 is 0 Å². The number of H-pyrrole nitrogens is 1. The molecule has 6 heteroatoms. The predicted molar refractivity (Wildman–Crippen MR) is 103 cm³/mol. The molecule has 1 aliphatic rings. The van der Waals surface area contributed by atoms with Crippen molar-refractivity contribution in [2.45, 2.75) is 58.7 Å². The Balaban J connectivity index is 1.87. The molecule has 1 saturated heterocycles. The molecule has 0 bridgehead atoms. The number of nitrogens with one attached hydrogen (secondary N) is 1. The normalized spacial score (nSPS) is 23.3. The van der Waals surface area contributed by atoms with Crippen molar-refractivity contribution in [3.8, 4) is 11.3 Å². The molecule has 1 aliphatic heterocycles. The summed E-state index contributed by atoms with van der Waals surface area (Å²) in [4.78, 5) is 22.5. The van der Waals surface area contributed by atoms with Gasteiger partial charge in [-0.3, -0.25) is 4.90 Å². The highest BCUT2D eigenvalue weighted by atomic mass is 35.5. The molecule has 1 aromatic heterocycles. The van der Waals surface area contributed by atoms with Gasteiger partial charge in [-0.25, -0.2) is 9.78 Å². The Labute approximate surface area is 159 Å². The first-order valence-corrected chi connectivity index (χ1v) is 9.35. The minimum absolute atomic E-state index is 0.0962. The van der Waals surface area contributed by atoms with Crippen LogP contribution in [-0.4, -0.2) is 32.6 Å². The number of likely N-dealkylation sites (tertiary alicyclic amines) is 1. The average Bonchev–Trinajstić information content (AvgIpc) is 3.12. The van der Waals surface area contributed by atoms with Crippen LogP contribution in [0, 0.1) is 5.92 Å². The lowest BCUT2D eigenvalue weighted by Gasteiger charge is -2.31. The van der Waals surface area contributed by atoms with Gasteiger partial charge in [0.25, 0.3) is 0 Å². The Morgan fingerprint density at radius 2 is 1.92 bits per heavy atom. The monoisotopic (exact) mass is 375 g/mol. The van der Waals surface area contributed by atoms with E-state index < -0.39 is 5.60 Å². The maximum absolute atomic E-state index is 12.8. The zero-order valence-corrected chi connectivity index (χ0v) is 16.7. The molecule has 5 nitrogen and oxygen atoms in total. The molecule has 2 heterocycles. The van der Waals surface area contributed by atoms with Crippen molar-refractivity contribution >= 4 is 17.7 Å². The molecule has 140 valence electrons. The number of hydrogen-bond acceptors (Lipinski definition) is 3.